The summed E-state index contributed by atoms with van der Waals surface area (Å²) in [5.41, 5.74) is 0.280. The fourth-order valence-corrected chi connectivity index (χ4v) is 2.74. The number of hydrogen-bond acceptors (Lipinski definition) is 3. The Morgan fingerprint density at radius 1 is 1.47 bits per heavy atom. The molecule has 2 rings (SSSR count). The van der Waals surface area contributed by atoms with Gasteiger partial charge in [-0.3, -0.25) is 10.1 Å². The molecule has 1 N–H and O–H groups in total. The Labute approximate surface area is 112 Å². The smallest absolute Gasteiger partial charge is 0.304 e. The largest absolute Gasteiger partial charge is 0.312 e. The topological polar surface area (TPSA) is 55.2 Å². The molecular weight excluding hydrogens is 247 g/mol. The Morgan fingerprint density at radius 2 is 2.26 bits per heavy atom. The molecule has 0 radical (unpaired) electrons. The van der Waals surface area contributed by atoms with Crippen molar-refractivity contribution in [2.45, 2.75) is 32.7 Å². The van der Waals surface area contributed by atoms with Crippen LogP contribution in [0.15, 0.2) is 18.2 Å². The van der Waals surface area contributed by atoms with Gasteiger partial charge in [0.25, 0.3) is 0 Å². The molecule has 5 heteroatoms. The summed E-state index contributed by atoms with van der Waals surface area (Å²) < 4.78 is 13.4. The second-order valence-electron chi connectivity index (χ2n) is 5.34. The lowest BCUT2D eigenvalue weighted by molar-refractivity contribution is -0.387. The lowest BCUT2D eigenvalue weighted by Gasteiger charge is -2.15. The number of benzene rings is 1. The Balaban J connectivity index is 1.86. The van der Waals surface area contributed by atoms with Gasteiger partial charge in [0, 0.05) is 12.6 Å². The molecule has 0 bridgehead atoms. The maximum absolute atomic E-state index is 13.4. The van der Waals surface area contributed by atoms with Crippen molar-refractivity contribution < 1.29 is 9.31 Å². The zero-order valence-corrected chi connectivity index (χ0v) is 11.1. The maximum Gasteiger partial charge on any atom is 0.304 e. The molecule has 0 aromatic heterocycles. The monoisotopic (exact) mass is 266 g/mol. The maximum atomic E-state index is 13.4. The Kier molecular flexibility index (Phi) is 4.47. The minimum atomic E-state index is -0.765. The average Bonchev–Trinajstić information content (AvgIpc) is 2.75. The normalized spacial score (nSPS) is 22.6. The van der Waals surface area contributed by atoms with Crippen molar-refractivity contribution in [1.82, 2.24) is 5.32 Å². The zero-order chi connectivity index (χ0) is 13.8. The quantitative estimate of drug-likeness (QED) is 0.657. The summed E-state index contributed by atoms with van der Waals surface area (Å²) in [4.78, 5) is 9.81. The number of halogens is 1. The van der Waals surface area contributed by atoms with Gasteiger partial charge in [-0.1, -0.05) is 25.8 Å². The van der Waals surface area contributed by atoms with Gasteiger partial charge in [0.15, 0.2) is 0 Å². The Hall–Kier alpha value is -1.49. The summed E-state index contributed by atoms with van der Waals surface area (Å²) in [6, 6.07) is 4.07. The standard InChI is InChI=1S/C14H19FN2O2/c1-10-3-2-4-12(10)9-16-8-11-5-6-14(17(18)19)13(15)7-11/h5-7,10,12,16H,2-4,8-9H2,1H3. The van der Waals surface area contributed by atoms with E-state index in [1.54, 1.807) is 6.07 Å². The molecule has 0 heterocycles. The van der Waals surface area contributed by atoms with Gasteiger partial charge in [0.05, 0.1) is 4.92 Å². The molecule has 19 heavy (non-hydrogen) atoms. The van der Waals surface area contributed by atoms with Crippen LogP contribution in [0.5, 0.6) is 0 Å². The summed E-state index contributed by atoms with van der Waals surface area (Å²) in [6.07, 6.45) is 3.83. The van der Waals surface area contributed by atoms with Crippen LogP contribution in [-0.2, 0) is 6.54 Å². The molecule has 1 aliphatic rings. The van der Waals surface area contributed by atoms with Crippen LogP contribution >= 0.6 is 0 Å². The highest BCUT2D eigenvalue weighted by atomic mass is 19.1. The third-order valence-electron chi connectivity index (χ3n) is 3.98. The van der Waals surface area contributed by atoms with Crippen molar-refractivity contribution in [3.05, 3.63) is 39.7 Å². The van der Waals surface area contributed by atoms with Crippen molar-refractivity contribution in [2.24, 2.45) is 11.8 Å². The lowest BCUT2D eigenvalue weighted by atomic mass is 9.98. The molecule has 1 aromatic rings. The minimum Gasteiger partial charge on any atom is -0.312 e. The SMILES string of the molecule is CC1CCCC1CNCc1ccc([N+](=O)[O-])c(F)c1. The van der Waals surface area contributed by atoms with E-state index in [-0.39, 0.29) is 0 Å². The average molecular weight is 266 g/mol. The van der Waals surface area contributed by atoms with Crippen molar-refractivity contribution in [3.63, 3.8) is 0 Å². The van der Waals surface area contributed by atoms with Gasteiger partial charge in [-0.25, -0.2) is 0 Å². The summed E-state index contributed by atoms with van der Waals surface area (Å²) in [7, 11) is 0. The van der Waals surface area contributed by atoms with Crippen LogP contribution in [0.25, 0.3) is 0 Å². The van der Waals surface area contributed by atoms with Crippen LogP contribution in [0.4, 0.5) is 10.1 Å². The van der Waals surface area contributed by atoms with E-state index in [1.165, 1.54) is 31.4 Å². The number of nitrogens with one attached hydrogen (secondary N) is 1. The third kappa shape index (κ3) is 3.50. The number of nitrogens with zero attached hydrogens (tertiary/aromatic N) is 1. The summed E-state index contributed by atoms with van der Waals surface area (Å²) in [5, 5.41) is 13.8. The predicted molar refractivity (Wildman–Crippen MR) is 71.3 cm³/mol. The fourth-order valence-electron chi connectivity index (χ4n) is 2.74. The summed E-state index contributed by atoms with van der Waals surface area (Å²) in [5.74, 6) is 0.683. The van der Waals surface area contributed by atoms with Gasteiger partial charge in [-0.15, -0.1) is 0 Å². The first-order valence-electron chi connectivity index (χ1n) is 6.71. The molecule has 0 aliphatic heterocycles. The third-order valence-corrected chi connectivity index (χ3v) is 3.98. The van der Waals surface area contributed by atoms with Crippen LogP contribution < -0.4 is 5.32 Å². The molecule has 2 atom stereocenters. The van der Waals surface area contributed by atoms with Crippen LogP contribution in [-0.4, -0.2) is 11.5 Å². The molecule has 0 saturated heterocycles. The van der Waals surface area contributed by atoms with Crippen LogP contribution in [0.2, 0.25) is 0 Å². The van der Waals surface area contributed by atoms with E-state index in [9.17, 15) is 14.5 Å². The van der Waals surface area contributed by atoms with E-state index in [4.69, 9.17) is 0 Å². The van der Waals surface area contributed by atoms with E-state index >= 15 is 0 Å². The van der Waals surface area contributed by atoms with Crippen LogP contribution in [0, 0.1) is 27.8 Å². The highest BCUT2D eigenvalue weighted by Gasteiger charge is 2.22. The first-order chi connectivity index (χ1) is 9.08. The van der Waals surface area contributed by atoms with Gasteiger partial charge in [0.2, 0.25) is 5.82 Å². The highest BCUT2D eigenvalue weighted by molar-refractivity contribution is 5.34. The molecule has 0 spiro atoms. The molecule has 1 aliphatic carbocycles. The summed E-state index contributed by atoms with van der Waals surface area (Å²) >= 11 is 0. The molecular formula is C14H19FN2O2. The van der Waals surface area contributed by atoms with Crippen molar-refractivity contribution in [2.75, 3.05) is 6.54 Å². The van der Waals surface area contributed by atoms with Gasteiger partial charge in [0.1, 0.15) is 0 Å². The van der Waals surface area contributed by atoms with Gasteiger partial charge < -0.3 is 5.32 Å². The predicted octanol–water partition coefficient (Wildman–Crippen LogP) is 3.26. The molecule has 1 aromatic carbocycles. The zero-order valence-electron chi connectivity index (χ0n) is 11.1. The number of nitro groups is 1. The van der Waals surface area contributed by atoms with Crippen LogP contribution in [0.3, 0.4) is 0 Å². The van der Waals surface area contributed by atoms with Gasteiger partial charge >= 0.3 is 5.69 Å². The highest BCUT2D eigenvalue weighted by Crippen LogP contribution is 2.30. The molecule has 4 nitrogen and oxygen atoms in total. The molecule has 1 saturated carbocycles. The number of rotatable bonds is 5. The van der Waals surface area contributed by atoms with Crippen molar-refractivity contribution in [1.29, 1.82) is 0 Å². The summed E-state index contributed by atoms with van der Waals surface area (Å²) in [6.45, 7) is 3.75. The lowest BCUT2D eigenvalue weighted by Crippen LogP contribution is -2.24. The van der Waals surface area contributed by atoms with Crippen LogP contribution in [0.1, 0.15) is 31.7 Å². The fraction of sp³-hybridized carbons (Fsp3) is 0.571. The Morgan fingerprint density at radius 3 is 2.84 bits per heavy atom. The van der Waals surface area contributed by atoms with E-state index in [0.717, 1.165) is 18.0 Å². The Bertz CT molecular complexity index is 465. The molecule has 0 amide bonds. The first-order valence-corrected chi connectivity index (χ1v) is 6.71. The molecule has 104 valence electrons. The van der Waals surface area contributed by atoms with Crippen molar-refractivity contribution >= 4 is 5.69 Å². The first kappa shape index (κ1) is 13.9. The molecule has 1 fully saturated rings. The van der Waals surface area contributed by atoms with E-state index in [1.807, 2.05) is 0 Å². The van der Waals surface area contributed by atoms with Gasteiger partial charge in [-0.2, -0.15) is 4.39 Å². The van der Waals surface area contributed by atoms with Gasteiger partial charge in [-0.05, 0) is 36.4 Å². The number of nitro benzene ring substituents is 1. The second-order valence-corrected chi connectivity index (χ2v) is 5.34. The second kappa shape index (κ2) is 6.10. The molecule has 2 unspecified atom stereocenters. The minimum absolute atomic E-state index is 0.465. The van der Waals surface area contributed by atoms with E-state index in [0.29, 0.717) is 12.5 Å². The van der Waals surface area contributed by atoms with E-state index < -0.39 is 16.4 Å². The number of hydrogen-bond donors (Lipinski definition) is 1. The van der Waals surface area contributed by atoms with E-state index in [2.05, 4.69) is 12.2 Å². The van der Waals surface area contributed by atoms with Crippen molar-refractivity contribution in [3.8, 4) is 0 Å².